The smallest absolute Gasteiger partial charge is 0.315 e. The number of rotatable bonds is 6. The highest BCUT2D eigenvalue weighted by Crippen LogP contribution is 2.50. The molecule has 128 valence electrons. The van der Waals surface area contributed by atoms with Crippen molar-refractivity contribution in [3.05, 3.63) is 45.9 Å². The zero-order chi connectivity index (χ0) is 17.2. The number of urea groups is 1. The number of nitrogens with zero attached hydrogens (tertiary/aromatic N) is 1. The largest absolute Gasteiger partial charge is 0.496 e. The lowest BCUT2D eigenvalue weighted by atomic mass is 9.95. The highest BCUT2D eigenvalue weighted by Gasteiger charge is 2.46. The number of para-hydroxylation sites is 1. The summed E-state index contributed by atoms with van der Waals surface area (Å²) in [5.74, 6) is 0.892. The first-order valence-electron chi connectivity index (χ1n) is 8.14. The maximum absolute atomic E-state index is 12.2. The fraction of sp³-hybridized carbons (Fsp3) is 0.444. The Hall–Kier alpha value is -2.08. The zero-order valence-corrected chi connectivity index (χ0v) is 15.1. The van der Waals surface area contributed by atoms with Crippen molar-refractivity contribution in [2.45, 2.75) is 38.1 Å². The molecule has 1 saturated carbocycles. The number of carbonyl (C=O) groups excluding carboxylic acids is 1. The van der Waals surface area contributed by atoms with E-state index in [-0.39, 0.29) is 17.5 Å². The average molecular weight is 345 g/mol. The van der Waals surface area contributed by atoms with Crippen LogP contribution in [0.1, 0.15) is 42.1 Å². The van der Waals surface area contributed by atoms with E-state index < -0.39 is 0 Å². The standard InChI is InChI=1S/C18H23N3O2S/c1-12-10-24-16(20-12)13(2)21-17(22)19-11-18(8-9-18)14-6-4-5-7-15(14)23-3/h4-7,10,13H,8-9,11H2,1-3H3,(H2,19,21,22). The first-order chi connectivity index (χ1) is 11.5. The molecule has 0 spiro atoms. The summed E-state index contributed by atoms with van der Waals surface area (Å²) in [6.45, 7) is 4.52. The van der Waals surface area contributed by atoms with Crippen LogP contribution in [0.3, 0.4) is 0 Å². The summed E-state index contributed by atoms with van der Waals surface area (Å²) in [4.78, 5) is 16.6. The molecule has 1 heterocycles. The van der Waals surface area contributed by atoms with E-state index in [1.165, 1.54) is 5.56 Å². The minimum atomic E-state index is -0.156. The van der Waals surface area contributed by atoms with Gasteiger partial charge in [0.15, 0.2) is 0 Å². The lowest BCUT2D eigenvalue weighted by Gasteiger charge is -2.20. The summed E-state index contributed by atoms with van der Waals surface area (Å²) in [6, 6.07) is 7.80. The minimum absolute atomic E-state index is 0.00491. The van der Waals surface area contributed by atoms with Gasteiger partial charge in [-0.25, -0.2) is 9.78 Å². The number of thiazole rings is 1. The van der Waals surface area contributed by atoms with Gasteiger partial charge < -0.3 is 15.4 Å². The van der Waals surface area contributed by atoms with E-state index in [1.807, 2.05) is 37.4 Å². The number of hydrogen-bond donors (Lipinski definition) is 2. The van der Waals surface area contributed by atoms with Gasteiger partial charge in [0.05, 0.1) is 13.2 Å². The molecule has 2 amide bonds. The van der Waals surface area contributed by atoms with E-state index >= 15 is 0 Å². The van der Waals surface area contributed by atoms with E-state index in [2.05, 4.69) is 21.7 Å². The van der Waals surface area contributed by atoms with Crippen LogP contribution in [-0.2, 0) is 5.41 Å². The Kier molecular flexibility index (Phi) is 4.76. The van der Waals surface area contributed by atoms with Gasteiger partial charge in [0.2, 0.25) is 0 Å². The summed E-state index contributed by atoms with van der Waals surface area (Å²) >= 11 is 1.57. The molecule has 1 aliphatic rings. The Morgan fingerprint density at radius 1 is 1.42 bits per heavy atom. The lowest BCUT2D eigenvalue weighted by Crippen LogP contribution is -2.40. The van der Waals surface area contributed by atoms with E-state index in [1.54, 1.807) is 18.4 Å². The number of ether oxygens (including phenoxy) is 1. The molecule has 1 aromatic heterocycles. The van der Waals surface area contributed by atoms with Gasteiger partial charge >= 0.3 is 6.03 Å². The maximum Gasteiger partial charge on any atom is 0.315 e. The normalized spacial score (nSPS) is 16.3. The Bertz CT molecular complexity index is 725. The van der Waals surface area contributed by atoms with Crippen molar-refractivity contribution in [2.75, 3.05) is 13.7 Å². The summed E-state index contributed by atoms with van der Waals surface area (Å²) in [5, 5.41) is 8.89. The highest BCUT2D eigenvalue weighted by molar-refractivity contribution is 7.09. The van der Waals surface area contributed by atoms with Crippen molar-refractivity contribution in [1.82, 2.24) is 15.6 Å². The number of aromatic nitrogens is 1. The van der Waals surface area contributed by atoms with Gasteiger partial charge in [-0.05, 0) is 32.8 Å². The van der Waals surface area contributed by atoms with Gasteiger partial charge in [0, 0.05) is 28.6 Å². The van der Waals surface area contributed by atoms with Crippen LogP contribution in [0.2, 0.25) is 0 Å². The number of nitrogens with one attached hydrogen (secondary N) is 2. The Morgan fingerprint density at radius 2 is 2.17 bits per heavy atom. The predicted octanol–water partition coefficient (Wildman–Crippen LogP) is 3.55. The van der Waals surface area contributed by atoms with Crippen LogP contribution in [-0.4, -0.2) is 24.7 Å². The second kappa shape index (κ2) is 6.81. The SMILES string of the molecule is COc1ccccc1C1(CNC(=O)NC(C)c2nc(C)cs2)CC1. The van der Waals surface area contributed by atoms with Crippen LogP contribution in [0.5, 0.6) is 5.75 Å². The van der Waals surface area contributed by atoms with E-state index in [0.29, 0.717) is 6.54 Å². The Morgan fingerprint density at radius 3 is 2.79 bits per heavy atom. The summed E-state index contributed by atoms with van der Waals surface area (Å²) in [5.41, 5.74) is 2.17. The van der Waals surface area contributed by atoms with Crippen molar-refractivity contribution in [3.63, 3.8) is 0 Å². The van der Waals surface area contributed by atoms with Crippen molar-refractivity contribution in [3.8, 4) is 5.75 Å². The van der Waals surface area contributed by atoms with Crippen LogP contribution >= 0.6 is 11.3 Å². The summed E-state index contributed by atoms with van der Waals surface area (Å²) < 4.78 is 5.47. The molecule has 0 saturated heterocycles. The predicted molar refractivity (Wildman–Crippen MR) is 95.7 cm³/mol. The van der Waals surface area contributed by atoms with Crippen molar-refractivity contribution >= 4 is 17.4 Å². The molecule has 24 heavy (non-hydrogen) atoms. The molecule has 1 aliphatic carbocycles. The van der Waals surface area contributed by atoms with E-state index in [0.717, 1.165) is 29.3 Å². The van der Waals surface area contributed by atoms with Crippen LogP contribution in [0.15, 0.2) is 29.6 Å². The van der Waals surface area contributed by atoms with E-state index in [4.69, 9.17) is 4.74 Å². The van der Waals surface area contributed by atoms with Crippen molar-refractivity contribution in [1.29, 1.82) is 0 Å². The molecule has 1 unspecified atom stereocenters. The van der Waals surface area contributed by atoms with Crippen molar-refractivity contribution in [2.24, 2.45) is 0 Å². The van der Waals surface area contributed by atoms with Gasteiger partial charge in [-0.3, -0.25) is 0 Å². The average Bonchev–Trinajstić information content (AvgIpc) is 3.26. The van der Waals surface area contributed by atoms with Gasteiger partial charge in [-0.1, -0.05) is 18.2 Å². The third kappa shape index (κ3) is 3.53. The lowest BCUT2D eigenvalue weighted by molar-refractivity contribution is 0.236. The van der Waals surface area contributed by atoms with Gasteiger partial charge in [-0.15, -0.1) is 11.3 Å². The Labute approximate surface area is 146 Å². The topological polar surface area (TPSA) is 63.2 Å². The molecule has 1 aromatic carbocycles. The molecular weight excluding hydrogens is 322 g/mol. The number of aryl methyl sites for hydroxylation is 1. The maximum atomic E-state index is 12.2. The number of carbonyl (C=O) groups is 1. The van der Waals surface area contributed by atoms with Crippen LogP contribution in [0, 0.1) is 6.92 Å². The first-order valence-corrected chi connectivity index (χ1v) is 9.02. The molecule has 2 N–H and O–H groups in total. The third-order valence-corrected chi connectivity index (χ3v) is 5.62. The quantitative estimate of drug-likeness (QED) is 0.841. The monoisotopic (exact) mass is 345 g/mol. The second-order valence-electron chi connectivity index (χ2n) is 6.36. The van der Waals surface area contributed by atoms with Gasteiger partial charge in [-0.2, -0.15) is 0 Å². The van der Waals surface area contributed by atoms with Crippen LogP contribution < -0.4 is 15.4 Å². The molecule has 3 rings (SSSR count). The van der Waals surface area contributed by atoms with Crippen LogP contribution in [0.25, 0.3) is 0 Å². The molecule has 5 nitrogen and oxygen atoms in total. The molecule has 2 aromatic rings. The number of methoxy groups -OCH3 is 1. The van der Waals surface area contributed by atoms with Gasteiger partial charge in [0.25, 0.3) is 0 Å². The second-order valence-corrected chi connectivity index (χ2v) is 7.25. The number of benzene rings is 1. The van der Waals surface area contributed by atoms with E-state index in [9.17, 15) is 4.79 Å². The summed E-state index contributed by atoms with van der Waals surface area (Å²) in [6.07, 6.45) is 2.13. The molecule has 0 aliphatic heterocycles. The number of amides is 2. The molecule has 6 heteroatoms. The Balaban J connectivity index is 1.58. The first kappa shape index (κ1) is 16.8. The van der Waals surface area contributed by atoms with Crippen molar-refractivity contribution < 1.29 is 9.53 Å². The van der Waals surface area contributed by atoms with Crippen LogP contribution in [0.4, 0.5) is 4.79 Å². The molecule has 0 bridgehead atoms. The zero-order valence-electron chi connectivity index (χ0n) is 14.3. The fourth-order valence-corrected chi connectivity index (χ4v) is 3.71. The molecular formula is C18H23N3O2S. The third-order valence-electron chi connectivity index (χ3n) is 4.47. The van der Waals surface area contributed by atoms with Gasteiger partial charge in [0.1, 0.15) is 10.8 Å². The molecule has 0 radical (unpaired) electrons. The molecule has 1 atom stereocenters. The minimum Gasteiger partial charge on any atom is -0.496 e. The number of hydrogen-bond acceptors (Lipinski definition) is 4. The molecule has 1 fully saturated rings. The summed E-state index contributed by atoms with van der Waals surface area (Å²) in [7, 11) is 1.69. The highest BCUT2D eigenvalue weighted by atomic mass is 32.1. The fourth-order valence-electron chi connectivity index (χ4n) is 2.90.